The molecule has 3 rings (SSSR count). The molecule has 0 spiro atoms. The van der Waals surface area contributed by atoms with Crippen molar-refractivity contribution in [2.24, 2.45) is 5.73 Å². The Morgan fingerprint density at radius 3 is 2.28 bits per heavy atom. The third-order valence-electron chi connectivity index (χ3n) is 4.29. The van der Waals surface area contributed by atoms with Crippen molar-refractivity contribution in [1.29, 1.82) is 0 Å². The minimum atomic E-state index is -1.01. The number of thiazole rings is 2. The van der Waals surface area contributed by atoms with E-state index in [1.54, 1.807) is 59.2 Å². The van der Waals surface area contributed by atoms with E-state index < -0.39 is 35.2 Å². The van der Waals surface area contributed by atoms with Crippen molar-refractivity contribution in [3.05, 3.63) is 27.2 Å². The largest absolute Gasteiger partial charge is 0.458 e. The molecule has 0 aromatic carbocycles. The minimum Gasteiger partial charge on any atom is -0.458 e. The van der Waals surface area contributed by atoms with Crippen LogP contribution in [0.5, 0.6) is 0 Å². The average Bonchev–Trinajstić information content (AvgIpc) is 3.43. The molecule has 194 valence electrons. The normalized spacial score (nSPS) is 12.8. The lowest BCUT2D eigenvalue weighted by molar-refractivity contribution is -0.157. The van der Waals surface area contributed by atoms with Crippen LogP contribution in [0.25, 0.3) is 22.3 Å². The van der Waals surface area contributed by atoms with Crippen LogP contribution in [0, 0.1) is 6.92 Å². The molecule has 3 heterocycles. The van der Waals surface area contributed by atoms with E-state index in [9.17, 15) is 14.4 Å². The predicted molar refractivity (Wildman–Crippen MR) is 135 cm³/mol. The molecule has 0 aliphatic heterocycles. The topological polar surface area (TPSA) is 160 Å². The van der Waals surface area contributed by atoms with Gasteiger partial charge in [0, 0.05) is 17.2 Å². The molecule has 0 aliphatic carbocycles. The molecule has 11 nitrogen and oxygen atoms in total. The highest BCUT2D eigenvalue weighted by Crippen LogP contribution is 2.31. The summed E-state index contributed by atoms with van der Waals surface area (Å²) in [4.78, 5) is 49.7. The number of hydrogen-bond donors (Lipinski definition) is 2. The molecule has 0 saturated heterocycles. The van der Waals surface area contributed by atoms with E-state index in [1.807, 2.05) is 0 Å². The van der Waals surface area contributed by atoms with Crippen LogP contribution in [0.3, 0.4) is 0 Å². The molecule has 13 heteroatoms. The van der Waals surface area contributed by atoms with E-state index in [0.29, 0.717) is 27.2 Å². The van der Waals surface area contributed by atoms with Gasteiger partial charge in [0.1, 0.15) is 45.1 Å². The maximum atomic E-state index is 12.8. The van der Waals surface area contributed by atoms with Crippen LogP contribution in [-0.2, 0) is 20.7 Å². The molecule has 2 amide bonds. The molecule has 0 aliphatic rings. The zero-order valence-corrected chi connectivity index (χ0v) is 22.8. The van der Waals surface area contributed by atoms with Gasteiger partial charge < -0.3 is 24.9 Å². The number of rotatable bonds is 7. The van der Waals surface area contributed by atoms with E-state index >= 15 is 0 Å². The smallest absolute Gasteiger partial charge is 0.408 e. The average molecular weight is 536 g/mol. The molecule has 0 fully saturated rings. The number of aryl methyl sites for hydroxylation is 1. The van der Waals surface area contributed by atoms with Crippen LogP contribution in [0.15, 0.2) is 15.2 Å². The fourth-order valence-corrected chi connectivity index (χ4v) is 4.55. The highest BCUT2D eigenvalue weighted by molar-refractivity contribution is 7.13. The number of nitrogens with one attached hydrogen (secondary N) is 1. The Labute approximate surface area is 216 Å². The molecule has 3 aromatic rings. The van der Waals surface area contributed by atoms with Crippen molar-refractivity contribution in [2.75, 3.05) is 0 Å². The highest BCUT2D eigenvalue weighted by atomic mass is 32.1. The van der Waals surface area contributed by atoms with Gasteiger partial charge in [0.25, 0.3) is 5.91 Å². The van der Waals surface area contributed by atoms with Gasteiger partial charge in [-0.15, -0.1) is 22.7 Å². The summed E-state index contributed by atoms with van der Waals surface area (Å²) in [6.07, 6.45) is -0.651. The van der Waals surface area contributed by atoms with Crippen LogP contribution < -0.4 is 11.1 Å². The summed E-state index contributed by atoms with van der Waals surface area (Å²) in [5.41, 5.74) is 4.90. The van der Waals surface area contributed by atoms with Gasteiger partial charge in [0.05, 0.1) is 5.01 Å². The summed E-state index contributed by atoms with van der Waals surface area (Å²) < 4.78 is 16.6. The van der Waals surface area contributed by atoms with Crippen molar-refractivity contribution < 1.29 is 28.3 Å². The summed E-state index contributed by atoms with van der Waals surface area (Å²) in [5.74, 6) is -0.464. The van der Waals surface area contributed by atoms with Gasteiger partial charge in [0.2, 0.25) is 5.89 Å². The SMILES string of the molecule is Cc1oc(-c2csc(C[C@H](NC(=O)OC(C)(C)C)C(=O)OC(C)(C)C)n2)nc1-c1nc(C(N)=O)cs1. The lowest BCUT2D eigenvalue weighted by atomic mass is 10.1. The number of alkyl carbamates (subject to hydrolysis) is 1. The maximum Gasteiger partial charge on any atom is 0.408 e. The number of carbonyl (C=O) groups is 3. The summed E-state index contributed by atoms with van der Waals surface area (Å²) in [5, 5.41) is 6.93. The van der Waals surface area contributed by atoms with Gasteiger partial charge >= 0.3 is 12.1 Å². The molecular weight excluding hydrogens is 506 g/mol. The molecule has 1 atom stereocenters. The van der Waals surface area contributed by atoms with Crippen molar-refractivity contribution in [3.8, 4) is 22.3 Å². The number of amides is 2. The Hall–Kier alpha value is -3.32. The van der Waals surface area contributed by atoms with Gasteiger partial charge in [-0.1, -0.05) is 0 Å². The quantitative estimate of drug-likeness (QED) is 0.424. The molecule has 3 N–H and O–H groups in total. The number of primary amides is 1. The van der Waals surface area contributed by atoms with Gasteiger partial charge in [-0.3, -0.25) is 4.79 Å². The standard InChI is InChI=1S/C23H29N5O6S2/c1-11-16(19-26-13(9-36-19)17(24)29)28-18(32-11)14-10-35-15(25-14)8-12(20(30)33-22(2,3)4)27-21(31)34-23(5,6)7/h9-10,12H,8H2,1-7H3,(H2,24,29)(H,27,31)/t12-/m0/s1. The predicted octanol–water partition coefficient (Wildman–Crippen LogP) is 4.11. The number of hydrogen-bond acceptors (Lipinski definition) is 11. The van der Waals surface area contributed by atoms with E-state index in [0.717, 1.165) is 0 Å². The number of nitrogens with two attached hydrogens (primary N) is 1. The van der Waals surface area contributed by atoms with Crippen LogP contribution in [0.1, 0.15) is 62.8 Å². The maximum absolute atomic E-state index is 12.8. The number of oxazole rings is 1. The van der Waals surface area contributed by atoms with Gasteiger partial charge in [-0.05, 0) is 48.5 Å². The van der Waals surface area contributed by atoms with E-state index in [1.165, 1.54) is 22.7 Å². The third-order valence-corrected chi connectivity index (χ3v) is 6.01. The third kappa shape index (κ3) is 7.34. The number of ether oxygens (including phenoxy) is 2. The molecule has 0 radical (unpaired) electrons. The molecule has 36 heavy (non-hydrogen) atoms. The second-order valence-electron chi connectivity index (χ2n) is 9.89. The van der Waals surface area contributed by atoms with Gasteiger partial charge in [-0.2, -0.15) is 0 Å². The molecule has 3 aromatic heterocycles. The Balaban J connectivity index is 1.80. The minimum absolute atomic E-state index is 0.0832. The first kappa shape index (κ1) is 27.3. The molecule has 0 saturated carbocycles. The van der Waals surface area contributed by atoms with Gasteiger partial charge in [0.15, 0.2) is 0 Å². The Morgan fingerprint density at radius 1 is 1.03 bits per heavy atom. The fraction of sp³-hybridized carbons (Fsp3) is 0.478. The van der Waals surface area contributed by atoms with Gasteiger partial charge in [-0.25, -0.2) is 24.5 Å². The van der Waals surface area contributed by atoms with Crippen molar-refractivity contribution in [1.82, 2.24) is 20.3 Å². The Kier molecular flexibility index (Phi) is 7.84. The molecule has 0 bridgehead atoms. The second-order valence-corrected chi connectivity index (χ2v) is 11.7. The van der Waals surface area contributed by atoms with Crippen LogP contribution in [0.4, 0.5) is 4.79 Å². The van der Waals surface area contributed by atoms with Crippen LogP contribution in [0.2, 0.25) is 0 Å². The van der Waals surface area contributed by atoms with Crippen LogP contribution >= 0.6 is 22.7 Å². The highest BCUT2D eigenvalue weighted by Gasteiger charge is 2.30. The zero-order valence-electron chi connectivity index (χ0n) is 21.1. The number of carbonyl (C=O) groups excluding carboxylic acids is 3. The van der Waals surface area contributed by atoms with Crippen molar-refractivity contribution >= 4 is 40.6 Å². The number of aromatic nitrogens is 3. The Bertz CT molecular complexity index is 1260. The molecule has 0 unspecified atom stereocenters. The summed E-state index contributed by atoms with van der Waals surface area (Å²) in [7, 11) is 0. The lowest BCUT2D eigenvalue weighted by Crippen LogP contribution is -2.47. The number of esters is 1. The van der Waals surface area contributed by atoms with E-state index in [4.69, 9.17) is 19.6 Å². The van der Waals surface area contributed by atoms with Crippen molar-refractivity contribution in [3.63, 3.8) is 0 Å². The summed E-state index contributed by atoms with van der Waals surface area (Å²) in [6, 6.07) is -1.01. The van der Waals surface area contributed by atoms with E-state index in [2.05, 4.69) is 20.3 Å². The monoisotopic (exact) mass is 535 g/mol. The summed E-state index contributed by atoms with van der Waals surface area (Å²) >= 11 is 2.51. The van der Waals surface area contributed by atoms with Crippen LogP contribution in [-0.4, -0.2) is 50.2 Å². The second kappa shape index (κ2) is 10.3. The first-order chi connectivity index (χ1) is 16.6. The Morgan fingerprint density at radius 2 is 1.69 bits per heavy atom. The zero-order chi connectivity index (χ0) is 26.8. The lowest BCUT2D eigenvalue weighted by Gasteiger charge is -2.25. The first-order valence-corrected chi connectivity index (χ1v) is 12.8. The molecular formula is C23H29N5O6S2. The fourth-order valence-electron chi connectivity index (χ4n) is 2.89. The first-order valence-electron chi connectivity index (χ1n) is 11.0. The van der Waals surface area contributed by atoms with Crippen molar-refractivity contribution in [2.45, 2.75) is 72.1 Å². The number of nitrogens with zero attached hydrogens (tertiary/aromatic N) is 3. The summed E-state index contributed by atoms with van der Waals surface area (Å²) in [6.45, 7) is 12.2. The van der Waals surface area contributed by atoms with E-state index in [-0.39, 0.29) is 18.0 Å².